The van der Waals surface area contributed by atoms with E-state index < -0.39 is 18.0 Å². The zero-order valence-corrected chi connectivity index (χ0v) is 17.0. The van der Waals surface area contributed by atoms with Crippen molar-refractivity contribution >= 4 is 11.9 Å². The number of hydrogen-bond donors (Lipinski definition) is 1. The Kier molecular flexibility index (Phi) is 6.36. The van der Waals surface area contributed by atoms with Crippen molar-refractivity contribution in [2.75, 3.05) is 14.2 Å². The van der Waals surface area contributed by atoms with Crippen LogP contribution >= 0.6 is 0 Å². The molecule has 2 aromatic carbocycles. The predicted octanol–water partition coefficient (Wildman–Crippen LogP) is 2.98. The maximum atomic E-state index is 13.0. The van der Waals surface area contributed by atoms with Gasteiger partial charge in [0.2, 0.25) is 0 Å². The maximum Gasteiger partial charge on any atom is 0.342 e. The van der Waals surface area contributed by atoms with E-state index in [9.17, 15) is 9.59 Å². The Morgan fingerprint density at radius 3 is 2.43 bits per heavy atom. The van der Waals surface area contributed by atoms with Crippen molar-refractivity contribution < 1.29 is 23.8 Å². The fourth-order valence-electron chi connectivity index (χ4n) is 2.97. The third-order valence-electron chi connectivity index (χ3n) is 4.55. The van der Waals surface area contributed by atoms with Gasteiger partial charge in [0.05, 0.1) is 19.9 Å². The number of esters is 1. The average Bonchev–Trinajstić information content (AvgIpc) is 3.22. The summed E-state index contributed by atoms with van der Waals surface area (Å²) in [5.74, 6) is -0.336. The van der Waals surface area contributed by atoms with Gasteiger partial charge < -0.3 is 19.9 Å². The molecule has 0 saturated heterocycles. The smallest absolute Gasteiger partial charge is 0.342 e. The Morgan fingerprint density at radius 2 is 1.83 bits per heavy atom. The van der Waals surface area contributed by atoms with E-state index in [2.05, 4.69) is 5.10 Å². The van der Waals surface area contributed by atoms with E-state index >= 15 is 0 Å². The van der Waals surface area contributed by atoms with Crippen LogP contribution in [0.2, 0.25) is 0 Å². The molecule has 0 spiro atoms. The van der Waals surface area contributed by atoms with E-state index in [4.69, 9.17) is 19.9 Å². The van der Waals surface area contributed by atoms with Gasteiger partial charge in [-0.15, -0.1) is 0 Å². The summed E-state index contributed by atoms with van der Waals surface area (Å²) in [5, 5.41) is 4.60. The summed E-state index contributed by atoms with van der Waals surface area (Å²) < 4.78 is 17.7. The lowest BCUT2D eigenvalue weighted by Crippen LogP contribution is -2.32. The van der Waals surface area contributed by atoms with E-state index in [1.165, 1.54) is 7.11 Å². The number of nitrogens with zero attached hydrogens (tertiary/aromatic N) is 2. The number of carbonyl (C=O) groups is 2. The largest absolute Gasteiger partial charge is 0.497 e. The molecule has 1 amide bonds. The van der Waals surface area contributed by atoms with Gasteiger partial charge in [-0.25, -0.2) is 9.48 Å². The summed E-state index contributed by atoms with van der Waals surface area (Å²) in [4.78, 5) is 24.5. The van der Waals surface area contributed by atoms with E-state index in [0.29, 0.717) is 22.8 Å². The van der Waals surface area contributed by atoms with Gasteiger partial charge >= 0.3 is 5.97 Å². The number of methoxy groups -OCH3 is 2. The number of benzene rings is 2. The number of nitrogens with two attached hydrogens (primary N) is 1. The lowest BCUT2D eigenvalue weighted by Gasteiger charge is -2.13. The SMILES string of the molecule is CCC(OC(=O)c1cn(-c2ccccc2)nc1-c1cc(OC)ccc1OC)C(N)=O. The Labute approximate surface area is 174 Å². The molecule has 0 bridgehead atoms. The molecule has 0 saturated carbocycles. The van der Waals surface area contributed by atoms with E-state index in [1.807, 2.05) is 30.3 Å². The van der Waals surface area contributed by atoms with Crippen LogP contribution in [0.3, 0.4) is 0 Å². The fraction of sp³-hybridized carbons (Fsp3) is 0.227. The van der Waals surface area contributed by atoms with Gasteiger partial charge in [0.15, 0.2) is 6.10 Å². The quantitative estimate of drug-likeness (QED) is 0.574. The van der Waals surface area contributed by atoms with Crippen LogP contribution in [0.4, 0.5) is 0 Å². The van der Waals surface area contributed by atoms with Gasteiger partial charge in [0.1, 0.15) is 22.8 Å². The van der Waals surface area contributed by atoms with Crippen molar-refractivity contribution in [1.82, 2.24) is 9.78 Å². The lowest BCUT2D eigenvalue weighted by atomic mass is 10.1. The van der Waals surface area contributed by atoms with Gasteiger partial charge in [0.25, 0.3) is 5.91 Å². The number of rotatable bonds is 8. The third-order valence-corrected chi connectivity index (χ3v) is 4.55. The average molecular weight is 409 g/mol. The van der Waals surface area contributed by atoms with Crippen molar-refractivity contribution in [2.24, 2.45) is 5.73 Å². The zero-order valence-electron chi connectivity index (χ0n) is 17.0. The molecule has 0 aliphatic rings. The predicted molar refractivity (Wildman–Crippen MR) is 111 cm³/mol. The van der Waals surface area contributed by atoms with Gasteiger partial charge in [-0.3, -0.25) is 4.79 Å². The summed E-state index contributed by atoms with van der Waals surface area (Å²) >= 11 is 0. The summed E-state index contributed by atoms with van der Waals surface area (Å²) in [6, 6.07) is 14.5. The van der Waals surface area contributed by atoms with Gasteiger partial charge in [-0.2, -0.15) is 5.10 Å². The van der Waals surface area contributed by atoms with E-state index in [-0.39, 0.29) is 12.0 Å². The molecule has 1 atom stereocenters. The Hall–Kier alpha value is -3.81. The molecular weight excluding hydrogens is 386 g/mol. The molecule has 1 unspecified atom stereocenters. The van der Waals surface area contributed by atoms with Crippen LogP contribution in [0.1, 0.15) is 23.7 Å². The number of amides is 1. The minimum atomic E-state index is -1.03. The summed E-state index contributed by atoms with van der Waals surface area (Å²) in [5.41, 5.74) is 7.13. The van der Waals surface area contributed by atoms with E-state index in [1.54, 1.807) is 43.1 Å². The normalized spacial score (nSPS) is 11.6. The van der Waals surface area contributed by atoms with Gasteiger partial charge in [-0.05, 0) is 36.8 Å². The first-order valence-electron chi connectivity index (χ1n) is 9.36. The highest BCUT2D eigenvalue weighted by Gasteiger charge is 2.26. The second-order valence-electron chi connectivity index (χ2n) is 6.44. The third kappa shape index (κ3) is 4.27. The van der Waals surface area contributed by atoms with E-state index in [0.717, 1.165) is 5.69 Å². The second-order valence-corrected chi connectivity index (χ2v) is 6.44. The molecule has 2 N–H and O–H groups in total. The molecule has 156 valence electrons. The molecule has 0 radical (unpaired) electrons. The molecule has 8 heteroatoms. The van der Waals surface area contributed by atoms with Crippen LogP contribution in [-0.4, -0.2) is 42.0 Å². The monoisotopic (exact) mass is 409 g/mol. The molecule has 3 aromatic rings. The number of hydrogen-bond acceptors (Lipinski definition) is 6. The Bertz CT molecular complexity index is 1050. The number of aromatic nitrogens is 2. The van der Waals surface area contributed by atoms with Crippen LogP contribution in [0.15, 0.2) is 54.7 Å². The minimum Gasteiger partial charge on any atom is -0.497 e. The zero-order chi connectivity index (χ0) is 21.7. The van der Waals surface area contributed by atoms with Crippen molar-refractivity contribution in [3.05, 3.63) is 60.3 Å². The number of primary amides is 1. The molecular formula is C22H23N3O5. The highest BCUT2D eigenvalue weighted by molar-refractivity contribution is 5.98. The summed E-state index contributed by atoms with van der Waals surface area (Å²) in [6.45, 7) is 1.71. The molecule has 8 nitrogen and oxygen atoms in total. The van der Waals surface area contributed by atoms with Crippen molar-refractivity contribution in [1.29, 1.82) is 0 Å². The van der Waals surface area contributed by atoms with Crippen molar-refractivity contribution in [2.45, 2.75) is 19.4 Å². The first-order valence-corrected chi connectivity index (χ1v) is 9.36. The Morgan fingerprint density at radius 1 is 1.10 bits per heavy atom. The summed E-state index contributed by atoms with van der Waals surface area (Å²) in [6.07, 6.45) is 0.795. The lowest BCUT2D eigenvalue weighted by molar-refractivity contribution is -0.126. The topological polar surface area (TPSA) is 106 Å². The maximum absolute atomic E-state index is 13.0. The minimum absolute atomic E-state index is 0.171. The molecule has 0 aliphatic heterocycles. The molecule has 3 rings (SSSR count). The molecule has 1 aromatic heterocycles. The van der Waals surface area contributed by atoms with Crippen LogP contribution in [0.25, 0.3) is 16.9 Å². The summed E-state index contributed by atoms with van der Waals surface area (Å²) in [7, 11) is 3.07. The molecule has 0 aliphatic carbocycles. The fourth-order valence-corrected chi connectivity index (χ4v) is 2.97. The van der Waals surface area contributed by atoms with Crippen LogP contribution < -0.4 is 15.2 Å². The van der Waals surface area contributed by atoms with Crippen LogP contribution in [0, 0.1) is 0 Å². The molecule has 1 heterocycles. The number of ether oxygens (including phenoxy) is 3. The Balaban J connectivity index is 2.15. The van der Waals surface area contributed by atoms with Gasteiger partial charge in [0, 0.05) is 11.8 Å². The van der Waals surface area contributed by atoms with Crippen molar-refractivity contribution in [3.63, 3.8) is 0 Å². The number of para-hydroxylation sites is 1. The number of carbonyl (C=O) groups excluding carboxylic acids is 2. The second kappa shape index (κ2) is 9.13. The van der Waals surface area contributed by atoms with Crippen LogP contribution in [0.5, 0.6) is 11.5 Å². The highest BCUT2D eigenvalue weighted by atomic mass is 16.5. The van der Waals surface area contributed by atoms with Crippen molar-refractivity contribution in [3.8, 4) is 28.4 Å². The first kappa shape index (κ1) is 20.9. The highest BCUT2D eigenvalue weighted by Crippen LogP contribution is 2.35. The van der Waals surface area contributed by atoms with Crippen LogP contribution in [-0.2, 0) is 9.53 Å². The molecule has 0 fully saturated rings. The molecule has 30 heavy (non-hydrogen) atoms. The standard InChI is InChI=1S/C22H23N3O5/c1-4-18(21(23)26)30-22(27)17-13-25(14-8-6-5-7-9-14)24-20(17)16-12-15(28-2)10-11-19(16)29-3/h5-13,18H,4H2,1-3H3,(H2,23,26). The first-order chi connectivity index (χ1) is 14.5. The van der Waals surface area contributed by atoms with Gasteiger partial charge in [-0.1, -0.05) is 25.1 Å².